The van der Waals surface area contributed by atoms with Crippen LogP contribution in [-0.2, 0) is 14.3 Å². The molecule has 13 heteroatoms. The van der Waals surface area contributed by atoms with Crippen LogP contribution >= 0.6 is 11.8 Å². The first-order valence-electron chi connectivity index (χ1n) is 10.9. The molecule has 0 spiro atoms. The maximum atomic E-state index is 12.1. The lowest BCUT2D eigenvalue weighted by Crippen LogP contribution is -2.55. The van der Waals surface area contributed by atoms with Crippen LogP contribution in [-0.4, -0.2) is 103 Å². The number of carbonyl (C=O) groups excluding carboxylic acids is 2. The molecule has 0 saturated carbocycles. The molecular weight excluding hydrogens is 474 g/mol. The molecule has 0 radical (unpaired) electrons. The molecule has 1 saturated heterocycles. The zero-order chi connectivity index (χ0) is 25.6. The number of carbonyl (C=O) groups is 2. The molecule has 2 heterocycles. The number of aliphatic hydroxyl groups excluding tert-OH is 6. The van der Waals surface area contributed by atoms with E-state index in [1.807, 2.05) is 0 Å². The van der Waals surface area contributed by atoms with Gasteiger partial charge in [-0.1, -0.05) is 0 Å². The van der Waals surface area contributed by atoms with E-state index in [0.29, 0.717) is 0 Å². The molecule has 1 aromatic heterocycles. The minimum Gasteiger partial charge on any atom is -0.463 e. The molecule has 1 aliphatic rings. The van der Waals surface area contributed by atoms with E-state index in [1.54, 1.807) is 13.8 Å². The van der Waals surface area contributed by atoms with E-state index < -0.39 is 60.0 Å². The highest BCUT2D eigenvalue weighted by atomic mass is 32.2. The third-order valence-corrected chi connectivity index (χ3v) is 6.53. The molecular formula is C21H33NO11S. The van der Waals surface area contributed by atoms with Gasteiger partial charge in [-0.3, -0.25) is 4.79 Å². The van der Waals surface area contributed by atoms with E-state index in [4.69, 9.17) is 13.9 Å². The second-order valence-electron chi connectivity index (χ2n) is 7.95. The van der Waals surface area contributed by atoms with E-state index in [-0.39, 0.29) is 42.4 Å². The minimum absolute atomic E-state index is 0.0179. The summed E-state index contributed by atoms with van der Waals surface area (Å²) >= 11 is 1.09. The smallest absolute Gasteiger partial charge is 0.341 e. The summed E-state index contributed by atoms with van der Waals surface area (Å²) in [6.45, 7) is 4.47. The van der Waals surface area contributed by atoms with Crippen molar-refractivity contribution in [2.45, 2.75) is 75.4 Å². The van der Waals surface area contributed by atoms with Crippen LogP contribution in [0, 0.1) is 6.92 Å². The second-order valence-corrected chi connectivity index (χ2v) is 9.15. The van der Waals surface area contributed by atoms with Crippen molar-refractivity contribution in [3.63, 3.8) is 0 Å². The van der Waals surface area contributed by atoms with Crippen LogP contribution in [0.15, 0.2) is 10.5 Å². The van der Waals surface area contributed by atoms with Gasteiger partial charge in [-0.25, -0.2) is 4.79 Å². The van der Waals surface area contributed by atoms with E-state index in [0.717, 1.165) is 11.8 Å². The predicted octanol–water partition coefficient (Wildman–Crippen LogP) is -1.41. The van der Waals surface area contributed by atoms with Gasteiger partial charge in [0, 0.05) is 18.7 Å². The van der Waals surface area contributed by atoms with Crippen molar-refractivity contribution in [3.8, 4) is 0 Å². The Bertz CT molecular complexity index is 819. The number of esters is 1. The van der Waals surface area contributed by atoms with E-state index in [9.17, 15) is 40.2 Å². The second kappa shape index (κ2) is 12.8. The van der Waals surface area contributed by atoms with Crippen LogP contribution in [0.5, 0.6) is 0 Å². The Morgan fingerprint density at radius 1 is 1.18 bits per heavy atom. The molecule has 1 aromatic rings. The number of rotatable bonds is 11. The van der Waals surface area contributed by atoms with Crippen molar-refractivity contribution in [2.75, 3.05) is 18.9 Å². The Kier molecular flexibility index (Phi) is 10.8. The molecule has 0 unspecified atom stereocenters. The number of furan rings is 1. The van der Waals surface area contributed by atoms with Gasteiger partial charge < -0.3 is 49.8 Å². The van der Waals surface area contributed by atoms with Crippen LogP contribution < -0.4 is 5.32 Å². The lowest BCUT2D eigenvalue weighted by Gasteiger charge is -2.38. The highest BCUT2D eigenvalue weighted by Gasteiger charge is 2.41. The number of thioether (sulfide) groups is 1. The molecule has 1 amide bonds. The summed E-state index contributed by atoms with van der Waals surface area (Å²) in [5.41, 5.74) is -0.730. The SMILES string of the molecule is CCOC(=O)c1cc([C@@H](O)[C@H](O)[C@H](O)CNC(=O)CCS[C@@H]2O[C@@H](C)[C@@H](O)[C@@H](O)[C@@H]2O)oc1C. The number of hydrogen-bond acceptors (Lipinski definition) is 12. The number of aliphatic hydroxyl groups is 6. The quantitative estimate of drug-likeness (QED) is 0.173. The number of ether oxygens (including phenoxy) is 2. The van der Waals surface area contributed by atoms with Crippen molar-refractivity contribution < 1.29 is 54.1 Å². The van der Waals surface area contributed by atoms with Crippen LogP contribution in [0.4, 0.5) is 0 Å². The first kappa shape index (κ1) is 28.5. The van der Waals surface area contributed by atoms with Crippen LogP contribution in [0.25, 0.3) is 0 Å². The van der Waals surface area contributed by atoms with Crippen molar-refractivity contribution in [1.29, 1.82) is 0 Å². The lowest BCUT2D eigenvalue weighted by atomic mass is 10.0. The highest BCUT2D eigenvalue weighted by Crippen LogP contribution is 2.29. The van der Waals surface area contributed by atoms with Gasteiger partial charge in [-0.05, 0) is 26.8 Å². The van der Waals surface area contributed by atoms with Crippen LogP contribution in [0.1, 0.15) is 48.3 Å². The molecule has 34 heavy (non-hydrogen) atoms. The molecule has 0 aromatic carbocycles. The summed E-state index contributed by atoms with van der Waals surface area (Å²) in [7, 11) is 0. The maximum Gasteiger partial charge on any atom is 0.341 e. The molecule has 8 atom stereocenters. The average molecular weight is 508 g/mol. The molecule has 7 N–H and O–H groups in total. The Labute approximate surface area is 200 Å². The summed E-state index contributed by atoms with van der Waals surface area (Å²) in [6.07, 6.45) is -9.48. The summed E-state index contributed by atoms with van der Waals surface area (Å²) < 4.78 is 15.6. The van der Waals surface area contributed by atoms with Gasteiger partial charge >= 0.3 is 5.97 Å². The van der Waals surface area contributed by atoms with Crippen molar-refractivity contribution in [3.05, 3.63) is 23.2 Å². The van der Waals surface area contributed by atoms with Gasteiger partial charge in [0.1, 0.15) is 59.1 Å². The zero-order valence-electron chi connectivity index (χ0n) is 19.2. The zero-order valence-corrected chi connectivity index (χ0v) is 20.0. The predicted molar refractivity (Wildman–Crippen MR) is 119 cm³/mol. The first-order valence-corrected chi connectivity index (χ1v) is 11.9. The van der Waals surface area contributed by atoms with E-state index in [1.165, 1.54) is 13.0 Å². The molecule has 194 valence electrons. The van der Waals surface area contributed by atoms with E-state index >= 15 is 0 Å². The maximum absolute atomic E-state index is 12.1. The van der Waals surface area contributed by atoms with Gasteiger partial charge in [0.15, 0.2) is 0 Å². The number of amides is 1. The fourth-order valence-electron chi connectivity index (χ4n) is 3.29. The fourth-order valence-corrected chi connectivity index (χ4v) is 4.44. The number of hydrogen-bond donors (Lipinski definition) is 7. The Hall–Kier alpha value is -1.71. The minimum atomic E-state index is -1.71. The monoisotopic (exact) mass is 507 g/mol. The normalized spacial score (nSPS) is 27.6. The highest BCUT2D eigenvalue weighted by molar-refractivity contribution is 7.99. The Morgan fingerprint density at radius 2 is 1.85 bits per heavy atom. The molecule has 0 bridgehead atoms. The van der Waals surface area contributed by atoms with Gasteiger partial charge in [0.2, 0.25) is 5.91 Å². The van der Waals surface area contributed by atoms with Crippen LogP contribution in [0.2, 0.25) is 0 Å². The average Bonchev–Trinajstić information content (AvgIpc) is 3.20. The third-order valence-electron chi connectivity index (χ3n) is 5.37. The van der Waals surface area contributed by atoms with Gasteiger partial charge in [-0.2, -0.15) is 0 Å². The van der Waals surface area contributed by atoms with Gasteiger partial charge in [-0.15, -0.1) is 11.8 Å². The van der Waals surface area contributed by atoms with Crippen LogP contribution in [0.3, 0.4) is 0 Å². The van der Waals surface area contributed by atoms with Gasteiger partial charge in [0.05, 0.1) is 12.7 Å². The Morgan fingerprint density at radius 3 is 2.50 bits per heavy atom. The summed E-state index contributed by atoms with van der Waals surface area (Å²) in [5.74, 6) is -0.850. The Balaban J connectivity index is 1.78. The molecule has 1 aliphatic heterocycles. The summed E-state index contributed by atoms with van der Waals surface area (Å²) in [6, 6.07) is 1.22. The van der Waals surface area contributed by atoms with Crippen molar-refractivity contribution in [2.24, 2.45) is 0 Å². The van der Waals surface area contributed by atoms with Crippen molar-refractivity contribution in [1.82, 2.24) is 5.32 Å². The summed E-state index contributed by atoms with van der Waals surface area (Å²) in [5, 5.41) is 62.6. The molecule has 0 aliphatic carbocycles. The first-order chi connectivity index (χ1) is 16.0. The largest absolute Gasteiger partial charge is 0.463 e. The third kappa shape index (κ3) is 7.15. The summed E-state index contributed by atoms with van der Waals surface area (Å²) in [4.78, 5) is 23.9. The lowest BCUT2D eigenvalue weighted by molar-refractivity contribution is -0.192. The van der Waals surface area contributed by atoms with Crippen molar-refractivity contribution >= 4 is 23.6 Å². The molecule has 1 fully saturated rings. The number of nitrogens with one attached hydrogen (secondary N) is 1. The molecule has 12 nitrogen and oxygen atoms in total. The fraction of sp³-hybridized carbons (Fsp3) is 0.714. The topological polar surface area (TPSA) is 199 Å². The van der Waals surface area contributed by atoms with Gasteiger partial charge in [0.25, 0.3) is 0 Å². The standard InChI is InChI=1S/C21H33NO11S/c1-4-31-20(30)11-7-13(32-9(11)2)17(27)16(26)12(23)8-22-14(24)5-6-34-21-19(29)18(28)15(25)10(3)33-21/h7,10,12,15-19,21,23,25-29H,4-6,8H2,1-3H3,(H,22,24)/t10-,12+,15+,16+,17+,18+,19-,21-/m0/s1. The molecule has 2 rings (SSSR count). The van der Waals surface area contributed by atoms with E-state index in [2.05, 4.69) is 5.32 Å². The number of aryl methyl sites for hydroxylation is 1.